The summed E-state index contributed by atoms with van der Waals surface area (Å²) in [6, 6.07) is 1.98. The van der Waals surface area contributed by atoms with Crippen LogP contribution < -0.4 is 4.72 Å². The van der Waals surface area contributed by atoms with Crippen molar-refractivity contribution in [3.8, 4) is 0 Å². The van der Waals surface area contributed by atoms with Gasteiger partial charge in [0.15, 0.2) is 0 Å². The molecular formula is C10H12BrCl2NO4S2. The lowest BCUT2D eigenvalue weighted by Crippen LogP contribution is -2.37. The summed E-state index contributed by atoms with van der Waals surface area (Å²) in [4.78, 5) is -0.274. The predicted molar refractivity (Wildman–Crippen MR) is 83.7 cm³/mol. The number of nitrogens with one attached hydrogen (secondary N) is 1. The fraction of sp³-hybridized carbons (Fsp3) is 0.400. The van der Waals surface area contributed by atoms with Crippen LogP contribution in [0.25, 0.3) is 0 Å². The first-order chi connectivity index (χ1) is 8.92. The Morgan fingerprint density at radius 2 is 1.65 bits per heavy atom. The van der Waals surface area contributed by atoms with Crippen molar-refractivity contribution >= 4 is 59.0 Å². The fourth-order valence-electron chi connectivity index (χ4n) is 1.60. The maximum Gasteiger partial charge on any atom is 0.243 e. The van der Waals surface area contributed by atoms with E-state index in [1.807, 2.05) is 0 Å². The molecule has 0 saturated carbocycles. The van der Waals surface area contributed by atoms with Crippen molar-refractivity contribution < 1.29 is 16.8 Å². The van der Waals surface area contributed by atoms with Crippen LogP contribution >= 0.6 is 39.1 Å². The van der Waals surface area contributed by atoms with E-state index in [2.05, 4.69) is 20.7 Å². The first kappa shape index (κ1) is 18.2. The van der Waals surface area contributed by atoms with Gasteiger partial charge in [-0.15, -0.1) is 0 Å². The monoisotopic (exact) mass is 423 g/mol. The Kier molecular flexibility index (Phi) is 5.91. The molecule has 20 heavy (non-hydrogen) atoms. The van der Waals surface area contributed by atoms with Gasteiger partial charge in [-0.05, 0) is 19.1 Å². The molecule has 1 atom stereocenters. The molecule has 1 aromatic carbocycles. The molecule has 0 aromatic heterocycles. The van der Waals surface area contributed by atoms with Gasteiger partial charge in [-0.2, -0.15) is 0 Å². The molecule has 0 aliphatic rings. The summed E-state index contributed by atoms with van der Waals surface area (Å²) >= 11 is 14.9. The van der Waals surface area contributed by atoms with E-state index in [1.165, 1.54) is 19.1 Å². The van der Waals surface area contributed by atoms with Gasteiger partial charge in [-0.3, -0.25) is 0 Å². The summed E-state index contributed by atoms with van der Waals surface area (Å²) in [5.74, 6) is -0.321. The molecule has 1 rings (SSSR count). The Bertz CT molecular complexity index is 696. The van der Waals surface area contributed by atoms with Crippen molar-refractivity contribution in [1.82, 2.24) is 4.72 Å². The van der Waals surface area contributed by atoms with Crippen LogP contribution in [0.5, 0.6) is 0 Å². The van der Waals surface area contributed by atoms with E-state index < -0.39 is 25.9 Å². The molecule has 1 N–H and O–H groups in total. The van der Waals surface area contributed by atoms with Crippen molar-refractivity contribution in [2.24, 2.45) is 0 Å². The first-order valence-corrected chi connectivity index (χ1v) is 10.4. The lowest BCUT2D eigenvalue weighted by Gasteiger charge is -2.15. The van der Waals surface area contributed by atoms with E-state index in [0.717, 1.165) is 6.26 Å². The SMILES string of the molecule is CC(CS(C)(=O)=O)NS(=O)(=O)c1c(Cl)cc(Br)cc1Cl. The molecule has 10 heteroatoms. The zero-order chi connectivity index (χ0) is 15.7. The Morgan fingerprint density at radius 1 is 1.20 bits per heavy atom. The maximum atomic E-state index is 12.2. The Hall–Kier alpha value is 0.140. The Balaban J connectivity index is 3.13. The average Bonchev–Trinajstić information content (AvgIpc) is 2.08. The molecule has 1 aromatic rings. The summed E-state index contributed by atoms with van der Waals surface area (Å²) in [7, 11) is -7.31. The number of hydrogen-bond acceptors (Lipinski definition) is 4. The summed E-state index contributed by atoms with van der Waals surface area (Å²) in [5.41, 5.74) is 0. The van der Waals surface area contributed by atoms with Crippen LogP contribution in [-0.2, 0) is 19.9 Å². The minimum absolute atomic E-state index is 0.0524. The predicted octanol–water partition coefficient (Wildman–Crippen LogP) is 2.47. The summed E-state index contributed by atoms with van der Waals surface area (Å²) in [5, 5.41) is -0.105. The number of halogens is 3. The van der Waals surface area contributed by atoms with Crippen LogP contribution in [-0.4, -0.2) is 34.9 Å². The van der Waals surface area contributed by atoms with Gasteiger partial charge in [0.05, 0.1) is 15.8 Å². The summed E-state index contributed by atoms with van der Waals surface area (Å²) in [6.07, 6.45) is 1.03. The van der Waals surface area contributed by atoms with Crippen LogP contribution in [0.2, 0.25) is 10.0 Å². The normalized spacial score (nSPS) is 14.2. The van der Waals surface area contributed by atoms with Crippen molar-refractivity contribution in [3.63, 3.8) is 0 Å². The van der Waals surface area contributed by atoms with Gasteiger partial charge in [0, 0.05) is 16.8 Å². The van der Waals surface area contributed by atoms with Gasteiger partial charge in [-0.25, -0.2) is 21.6 Å². The molecule has 0 saturated heterocycles. The lowest BCUT2D eigenvalue weighted by atomic mass is 10.4. The highest BCUT2D eigenvalue weighted by molar-refractivity contribution is 9.10. The molecule has 1 unspecified atom stereocenters. The van der Waals surface area contributed by atoms with Gasteiger partial charge in [-0.1, -0.05) is 39.1 Å². The highest BCUT2D eigenvalue weighted by atomic mass is 79.9. The molecule has 114 valence electrons. The second kappa shape index (κ2) is 6.50. The molecule has 0 aliphatic carbocycles. The van der Waals surface area contributed by atoms with Gasteiger partial charge >= 0.3 is 0 Å². The van der Waals surface area contributed by atoms with E-state index in [-0.39, 0.29) is 20.7 Å². The smallest absolute Gasteiger partial charge is 0.229 e. The zero-order valence-electron chi connectivity index (χ0n) is 10.5. The van der Waals surface area contributed by atoms with E-state index in [4.69, 9.17) is 23.2 Å². The minimum Gasteiger partial charge on any atom is -0.229 e. The quantitative estimate of drug-likeness (QED) is 0.787. The van der Waals surface area contributed by atoms with E-state index in [1.54, 1.807) is 0 Å². The van der Waals surface area contributed by atoms with E-state index in [0.29, 0.717) is 4.47 Å². The summed E-state index contributed by atoms with van der Waals surface area (Å²) < 4.78 is 49.5. The Morgan fingerprint density at radius 3 is 2.05 bits per heavy atom. The second-order valence-corrected chi connectivity index (χ2v) is 9.88. The topological polar surface area (TPSA) is 80.3 Å². The standard InChI is InChI=1S/C10H12BrCl2NO4S2/c1-6(5-19(2,15)16)14-20(17,18)10-8(12)3-7(11)4-9(10)13/h3-4,6,14H,5H2,1-2H3. The van der Waals surface area contributed by atoms with E-state index in [9.17, 15) is 16.8 Å². The second-order valence-electron chi connectivity index (χ2n) is 4.31. The molecule has 0 amide bonds. The van der Waals surface area contributed by atoms with Crippen LogP contribution in [0.3, 0.4) is 0 Å². The molecule has 0 radical (unpaired) electrons. The van der Waals surface area contributed by atoms with Crippen LogP contribution in [0.15, 0.2) is 21.5 Å². The third-order valence-electron chi connectivity index (χ3n) is 2.14. The number of hydrogen-bond donors (Lipinski definition) is 1. The van der Waals surface area contributed by atoms with Gasteiger partial charge in [0.2, 0.25) is 10.0 Å². The maximum absolute atomic E-state index is 12.2. The molecule has 0 fully saturated rings. The molecule has 0 aliphatic heterocycles. The van der Waals surface area contributed by atoms with E-state index >= 15 is 0 Å². The van der Waals surface area contributed by atoms with Crippen LogP contribution in [0.1, 0.15) is 6.92 Å². The largest absolute Gasteiger partial charge is 0.243 e. The number of rotatable bonds is 5. The number of benzene rings is 1. The van der Waals surface area contributed by atoms with Crippen LogP contribution in [0, 0.1) is 0 Å². The Labute approximate surface area is 136 Å². The highest BCUT2D eigenvalue weighted by Crippen LogP contribution is 2.32. The fourth-order valence-corrected chi connectivity index (χ4v) is 5.87. The van der Waals surface area contributed by atoms with Gasteiger partial charge in [0.1, 0.15) is 14.7 Å². The molecule has 0 spiro atoms. The third kappa shape index (κ3) is 5.16. The lowest BCUT2D eigenvalue weighted by molar-refractivity contribution is 0.564. The molecular weight excluding hydrogens is 413 g/mol. The van der Waals surface area contributed by atoms with Crippen molar-refractivity contribution in [2.45, 2.75) is 17.9 Å². The van der Waals surface area contributed by atoms with Gasteiger partial charge in [0.25, 0.3) is 0 Å². The average molecular weight is 425 g/mol. The zero-order valence-corrected chi connectivity index (χ0v) is 15.3. The number of sulfonamides is 1. The molecule has 0 bridgehead atoms. The first-order valence-electron chi connectivity index (χ1n) is 5.27. The van der Waals surface area contributed by atoms with Crippen molar-refractivity contribution in [1.29, 1.82) is 0 Å². The highest BCUT2D eigenvalue weighted by Gasteiger charge is 2.25. The number of sulfone groups is 1. The summed E-state index contributed by atoms with van der Waals surface area (Å²) in [6.45, 7) is 1.44. The minimum atomic E-state index is -4.01. The molecule has 0 heterocycles. The third-order valence-corrected chi connectivity index (χ3v) is 6.21. The van der Waals surface area contributed by atoms with Crippen molar-refractivity contribution in [3.05, 3.63) is 26.7 Å². The van der Waals surface area contributed by atoms with Crippen LogP contribution in [0.4, 0.5) is 0 Å². The molecule has 5 nitrogen and oxygen atoms in total. The van der Waals surface area contributed by atoms with Crippen molar-refractivity contribution in [2.75, 3.05) is 12.0 Å². The van der Waals surface area contributed by atoms with Gasteiger partial charge < -0.3 is 0 Å².